The molecule has 1 aromatic heterocycles. The smallest absolute Gasteiger partial charge is 0.267 e. The van der Waals surface area contributed by atoms with Crippen molar-refractivity contribution < 1.29 is 4.79 Å². The van der Waals surface area contributed by atoms with Gasteiger partial charge in [0.05, 0.1) is 21.3 Å². The van der Waals surface area contributed by atoms with Crippen LogP contribution >= 0.6 is 34.8 Å². The van der Waals surface area contributed by atoms with Gasteiger partial charge in [-0.05, 0) is 25.1 Å². The molecule has 108 valence electrons. The lowest BCUT2D eigenvalue weighted by Crippen LogP contribution is -2.20. The molecule has 0 saturated carbocycles. The molecule has 1 aromatic carbocycles. The minimum atomic E-state index is -0.509. The molecule has 4 nitrogen and oxygen atoms in total. The Morgan fingerprint density at radius 1 is 1.24 bits per heavy atom. The third-order valence-corrected chi connectivity index (χ3v) is 3.45. The fourth-order valence-corrected chi connectivity index (χ4v) is 2.58. The highest BCUT2D eigenvalue weighted by Crippen LogP contribution is 2.28. The normalized spacial score (nSPS) is 11.3. The molecule has 1 N–H and O–H groups in total. The Balaban J connectivity index is 2.20. The first-order valence-electron chi connectivity index (χ1n) is 5.88. The van der Waals surface area contributed by atoms with E-state index in [9.17, 15) is 4.79 Å². The van der Waals surface area contributed by atoms with E-state index in [1.54, 1.807) is 25.4 Å². The Bertz CT molecular complexity index is 679. The maximum absolute atomic E-state index is 12.1. The maximum atomic E-state index is 12.1. The minimum absolute atomic E-state index is 0.130. The zero-order valence-electron chi connectivity index (χ0n) is 10.9. The summed E-state index contributed by atoms with van der Waals surface area (Å²) in [4.78, 5) is 16.1. The molecule has 7 heteroatoms. The fraction of sp³-hybridized carbons (Fsp3) is 0.0714. The van der Waals surface area contributed by atoms with Crippen LogP contribution in [0.25, 0.3) is 0 Å². The number of carbonyl (C=O) groups is 1. The number of benzene rings is 1. The van der Waals surface area contributed by atoms with E-state index in [0.717, 1.165) is 5.56 Å². The van der Waals surface area contributed by atoms with E-state index in [1.165, 1.54) is 12.1 Å². The molecule has 0 spiro atoms. The van der Waals surface area contributed by atoms with E-state index in [0.29, 0.717) is 10.7 Å². The van der Waals surface area contributed by atoms with Crippen molar-refractivity contribution >= 4 is 46.4 Å². The minimum Gasteiger partial charge on any atom is -0.267 e. The van der Waals surface area contributed by atoms with Crippen molar-refractivity contribution in [2.45, 2.75) is 6.92 Å². The van der Waals surface area contributed by atoms with Gasteiger partial charge in [0, 0.05) is 23.0 Å². The number of nitrogens with one attached hydrogen (secondary N) is 1. The lowest BCUT2D eigenvalue weighted by Gasteiger charge is -2.07. The quantitative estimate of drug-likeness (QED) is 0.671. The first kappa shape index (κ1) is 15.8. The first-order valence-corrected chi connectivity index (χ1v) is 7.02. The van der Waals surface area contributed by atoms with Crippen LogP contribution < -0.4 is 5.43 Å². The second kappa shape index (κ2) is 6.89. The van der Waals surface area contributed by atoms with Crippen LogP contribution in [0.15, 0.2) is 41.8 Å². The molecule has 0 aliphatic heterocycles. The van der Waals surface area contributed by atoms with Gasteiger partial charge in [-0.25, -0.2) is 5.43 Å². The molecule has 0 saturated heterocycles. The van der Waals surface area contributed by atoms with Gasteiger partial charge in [0.25, 0.3) is 5.91 Å². The maximum Gasteiger partial charge on any atom is 0.274 e. The molecule has 1 amide bonds. The van der Waals surface area contributed by atoms with Crippen molar-refractivity contribution in [3.05, 3.63) is 62.9 Å². The number of carbonyl (C=O) groups excluding carboxylic acids is 1. The Kier molecular flexibility index (Phi) is 5.17. The molecular formula is C14H10Cl3N3O. The molecular weight excluding hydrogens is 333 g/mol. The van der Waals surface area contributed by atoms with Gasteiger partial charge in [-0.1, -0.05) is 40.9 Å². The zero-order chi connectivity index (χ0) is 15.4. The fourth-order valence-electron chi connectivity index (χ4n) is 1.59. The number of hydrogen-bond acceptors (Lipinski definition) is 3. The standard InChI is InChI=1S/C14H10Cl3N3O/c1-8(9-3-2-4-18-7-9)19-20-14(21)13-11(16)5-10(15)6-12(13)17/h2-7H,1H3,(H,20,21). The average Bonchev–Trinajstić information content (AvgIpc) is 2.44. The Morgan fingerprint density at radius 3 is 2.48 bits per heavy atom. The lowest BCUT2D eigenvalue weighted by atomic mass is 10.2. The van der Waals surface area contributed by atoms with Crippen molar-refractivity contribution in [3.8, 4) is 0 Å². The van der Waals surface area contributed by atoms with Gasteiger partial charge in [0.1, 0.15) is 0 Å². The molecule has 0 atom stereocenters. The van der Waals surface area contributed by atoms with Crippen LogP contribution in [0.3, 0.4) is 0 Å². The zero-order valence-corrected chi connectivity index (χ0v) is 13.2. The van der Waals surface area contributed by atoms with Crippen LogP contribution in [0.1, 0.15) is 22.8 Å². The van der Waals surface area contributed by atoms with Crippen molar-refractivity contribution in [2.75, 3.05) is 0 Å². The van der Waals surface area contributed by atoms with Crippen LogP contribution in [0, 0.1) is 0 Å². The van der Waals surface area contributed by atoms with E-state index < -0.39 is 5.91 Å². The third kappa shape index (κ3) is 3.94. The highest BCUT2D eigenvalue weighted by molar-refractivity contribution is 6.42. The molecule has 2 rings (SSSR count). The van der Waals surface area contributed by atoms with Crippen molar-refractivity contribution in [2.24, 2.45) is 5.10 Å². The molecule has 0 radical (unpaired) electrons. The number of aromatic nitrogens is 1. The van der Waals surface area contributed by atoms with Gasteiger partial charge in [-0.15, -0.1) is 0 Å². The van der Waals surface area contributed by atoms with E-state index >= 15 is 0 Å². The molecule has 0 aliphatic rings. The summed E-state index contributed by atoms with van der Waals surface area (Å²) in [7, 11) is 0. The molecule has 2 aromatic rings. The molecule has 1 heterocycles. The second-order valence-electron chi connectivity index (χ2n) is 4.12. The number of pyridine rings is 1. The van der Waals surface area contributed by atoms with Crippen LogP contribution in [-0.4, -0.2) is 16.6 Å². The number of rotatable bonds is 3. The van der Waals surface area contributed by atoms with Gasteiger partial charge in [-0.2, -0.15) is 5.10 Å². The molecule has 0 fully saturated rings. The summed E-state index contributed by atoms with van der Waals surface area (Å²) in [5, 5.41) is 4.69. The summed E-state index contributed by atoms with van der Waals surface area (Å²) in [6, 6.07) is 6.51. The van der Waals surface area contributed by atoms with E-state index in [4.69, 9.17) is 34.8 Å². The van der Waals surface area contributed by atoms with Crippen LogP contribution in [0.4, 0.5) is 0 Å². The third-order valence-electron chi connectivity index (χ3n) is 2.64. The average molecular weight is 343 g/mol. The predicted octanol–water partition coefficient (Wildman–Crippen LogP) is 4.20. The summed E-state index contributed by atoms with van der Waals surface area (Å²) in [5.41, 5.74) is 3.94. The van der Waals surface area contributed by atoms with Crippen molar-refractivity contribution in [1.82, 2.24) is 10.4 Å². The first-order chi connectivity index (χ1) is 9.99. The largest absolute Gasteiger partial charge is 0.274 e. The second-order valence-corrected chi connectivity index (χ2v) is 5.38. The van der Waals surface area contributed by atoms with Crippen molar-refractivity contribution in [1.29, 1.82) is 0 Å². The Morgan fingerprint density at radius 2 is 1.90 bits per heavy atom. The highest BCUT2D eigenvalue weighted by atomic mass is 35.5. The summed E-state index contributed by atoms with van der Waals surface area (Å²) >= 11 is 17.7. The topological polar surface area (TPSA) is 54.4 Å². The summed E-state index contributed by atoms with van der Waals surface area (Å²) in [6.45, 7) is 1.75. The van der Waals surface area contributed by atoms with E-state index in [-0.39, 0.29) is 15.6 Å². The number of hydrogen-bond donors (Lipinski definition) is 1. The van der Waals surface area contributed by atoms with Crippen molar-refractivity contribution in [3.63, 3.8) is 0 Å². The number of amides is 1. The Labute approximate surface area is 136 Å². The molecule has 0 unspecified atom stereocenters. The van der Waals surface area contributed by atoms with Gasteiger partial charge in [0.15, 0.2) is 0 Å². The predicted molar refractivity (Wildman–Crippen MR) is 85.4 cm³/mol. The van der Waals surface area contributed by atoms with Gasteiger partial charge < -0.3 is 0 Å². The molecule has 0 aliphatic carbocycles. The van der Waals surface area contributed by atoms with Gasteiger partial charge >= 0.3 is 0 Å². The summed E-state index contributed by atoms with van der Waals surface area (Å²) < 4.78 is 0. The monoisotopic (exact) mass is 341 g/mol. The van der Waals surface area contributed by atoms with E-state index in [2.05, 4.69) is 15.5 Å². The Hall–Kier alpha value is -1.62. The summed E-state index contributed by atoms with van der Waals surface area (Å²) in [5.74, 6) is -0.509. The SMILES string of the molecule is CC(=NNC(=O)c1c(Cl)cc(Cl)cc1Cl)c1cccnc1. The molecule has 21 heavy (non-hydrogen) atoms. The molecule has 0 bridgehead atoms. The number of halogens is 3. The van der Waals surface area contributed by atoms with Gasteiger partial charge in [-0.3, -0.25) is 9.78 Å². The number of hydrazone groups is 1. The van der Waals surface area contributed by atoms with Crippen LogP contribution in [0.5, 0.6) is 0 Å². The lowest BCUT2D eigenvalue weighted by molar-refractivity contribution is 0.0955. The van der Waals surface area contributed by atoms with Gasteiger partial charge in [0.2, 0.25) is 0 Å². The summed E-state index contributed by atoms with van der Waals surface area (Å²) in [6.07, 6.45) is 3.30. The number of nitrogens with zero attached hydrogens (tertiary/aromatic N) is 2. The van der Waals surface area contributed by atoms with E-state index in [1.807, 2.05) is 6.07 Å². The van der Waals surface area contributed by atoms with Crippen LogP contribution in [-0.2, 0) is 0 Å². The van der Waals surface area contributed by atoms with Crippen LogP contribution in [0.2, 0.25) is 15.1 Å². The highest BCUT2D eigenvalue weighted by Gasteiger charge is 2.15.